The van der Waals surface area contributed by atoms with Gasteiger partial charge in [-0.15, -0.1) is 0 Å². The predicted molar refractivity (Wildman–Crippen MR) is 470 cm³/mol. The van der Waals surface area contributed by atoms with Crippen molar-refractivity contribution in [2.45, 2.75) is 313 Å². The molecule has 2 heterocycles. The summed E-state index contributed by atoms with van der Waals surface area (Å²) in [5, 5.41) is 5.89. The van der Waals surface area contributed by atoms with Crippen LogP contribution in [0.2, 0.25) is 0 Å². The molecule has 0 saturated heterocycles. The number of hydrogen-bond donors (Lipinski definition) is 2. The summed E-state index contributed by atoms with van der Waals surface area (Å²) in [5.41, 5.74) is 43.6. The molecule has 0 unspecified atom stereocenters. The molecule has 580 valence electrons. The number of aromatic nitrogens is 2. The lowest BCUT2D eigenvalue weighted by atomic mass is 9.70. The Morgan fingerprint density at radius 1 is 0.367 bits per heavy atom. The van der Waals surface area contributed by atoms with Gasteiger partial charge < -0.3 is 24.9 Å². The second-order valence-electron chi connectivity index (χ2n) is 35.2. The van der Waals surface area contributed by atoms with Crippen molar-refractivity contribution in [2.24, 2.45) is 5.73 Å². The molecule has 0 aliphatic heterocycles. The molecule has 109 heavy (non-hydrogen) atoms. The van der Waals surface area contributed by atoms with Crippen molar-refractivity contribution in [1.29, 1.82) is 0 Å². The molecule has 3 N–H and O–H groups in total. The Morgan fingerprint density at radius 2 is 0.661 bits per heavy atom. The lowest BCUT2D eigenvalue weighted by molar-refractivity contribution is 0.0526. The van der Waals surface area contributed by atoms with Crippen molar-refractivity contribution < 1.29 is 9.53 Å². The first-order chi connectivity index (χ1) is 52.3. The van der Waals surface area contributed by atoms with E-state index in [1.54, 1.807) is 22.3 Å². The standard InChI is InChI=1S/2C29H39N.C25H33NO2.C20H25N/c2*1-6-9-16-29(17-10-7-2)25-19-21(4)12-14-23(25)28-27(29)24-15-13-22(5)20-26(24)30(28)18-11-8-3;1-17-9-11-19-20-12-10-18(2)16-22(20)25(6,21(19)15-17)13-7-8-14-26-23(27)28-24(3,4)5;1-14-6-8-16-17-9-7-15(2)13-19(17)20(3,18(16)12-14)10-4-5-11-21/h2*12-15,19-20H,6-11,16-18H2,1-5H3;9-12,15-16H,7-8,13-14H2,1-6H3,(H,26,27);6-9,12-13H,4-5,10-11,21H2,1-3H3. The van der Waals surface area contributed by atoms with Crippen LogP contribution >= 0.6 is 0 Å². The van der Waals surface area contributed by atoms with Gasteiger partial charge in [-0.25, -0.2) is 4.79 Å². The molecule has 14 rings (SSSR count). The van der Waals surface area contributed by atoms with Crippen LogP contribution in [0.4, 0.5) is 4.79 Å². The number of aryl methyl sites for hydroxylation is 10. The first-order valence-corrected chi connectivity index (χ1v) is 42.9. The molecular weight excluding hydrogens is 1330 g/mol. The van der Waals surface area contributed by atoms with Crippen LogP contribution in [0.3, 0.4) is 0 Å². The first-order valence-electron chi connectivity index (χ1n) is 42.9. The third kappa shape index (κ3) is 16.7. The lowest BCUT2D eigenvalue weighted by Gasteiger charge is -2.32. The minimum absolute atomic E-state index is 0.0224. The number of nitrogens with one attached hydrogen (secondary N) is 1. The fourth-order valence-corrected chi connectivity index (χ4v) is 19.5. The monoisotopic (exact) mass is 1460 g/mol. The third-order valence-electron chi connectivity index (χ3n) is 25.1. The van der Waals surface area contributed by atoms with E-state index in [0.29, 0.717) is 6.54 Å². The molecule has 0 radical (unpaired) electrons. The van der Waals surface area contributed by atoms with Crippen LogP contribution in [0, 0.1) is 55.4 Å². The van der Waals surface area contributed by atoms with Crippen LogP contribution in [0.25, 0.3) is 66.6 Å². The highest BCUT2D eigenvalue weighted by atomic mass is 16.6. The zero-order valence-corrected chi connectivity index (χ0v) is 71.0. The number of benzene rings is 8. The molecule has 0 bridgehead atoms. The highest BCUT2D eigenvalue weighted by molar-refractivity contribution is 6.00. The van der Waals surface area contributed by atoms with Gasteiger partial charge in [-0.3, -0.25) is 0 Å². The highest BCUT2D eigenvalue weighted by Crippen LogP contribution is 2.61. The molecule has 8 aromatic carbocycles. The van der Waals surface area contributed by atoms with E-state index in [1.807, 2.05) is 20.8 Å². The Bertz CT molecular complexity index is 4540. The summed E-state index contributed by atoms with van der Waals surface area (Å²) in [5.74, 6) is 0. The molecule has 0 saturated carbocycles. The van der Waals surface area contributed by atoms with Gasteiger partial charge in [0.2, 0.25) is 0 Å². The summed E-state index contributed by atoms with van der Waals surface area (Å²) in [6.45, 7) is 45.8. The van der Waals surface area contributed by atoms with Gasteiger partial charge in [0.15, 0.2) is 0 Å². The average molecular weight is 1460 g/mol. The number of unbranched alkanes of at least 4 members (excludes halogenated alkanes) is 8. The van der Waals surface area contributed by atoms with Crippen molar-refractivity contribution in [3.8, 4) is 44.8 Å². The summed E-state index contributed by atoms with van der Waals surface area (Å²) >= 11 is 0. The molecule has 4 aliphatic rings. The zero-order chi connectivity index (χ0) is 78.2. The molecule has 1 amide bonds. The normalized spacial score (nSPS) is 14.4. The Morgan fingerprint density at radius 3 is 0.972 bits per heavy atom. The first kappa shape index (κ1) is 82.0. The number of nitrogens with two attached hydrogens (primary N) is 1. The van der Waals surface area contributed by atoms with Crippen LogP contribution < -0.4 is 11.1 Å². The number of fused-ring (bicyclic) bond motifs is 16. The van der Waals surface area contributed by atoms with Crippen LogP contribution in [0.15, 0.2) is 146 Å². The summed E-state index contributed by atoms with van der Waals surface area (Å²) in [7, 11) is 0. The minimum atomic E-state index is -0.454. The van der Waals surface area contributed by atoms with Gasteiger partial charge in [-0.1, -0.05) is 299 Å². The maximum Gasteiger partial charge on any atom is 0.407 e. The Labute approximate surface area is 659 Å². The SMILES string of the molecule is CCCCn1c2c(c3ccc(C)cc31)C(CCCC)(CCCC)c1cc(C)ccc1-2.CCCCn1c2c(c3ccc(C)cc31)C(CCCC)(CCCC)c1cc(C)ccc1-2.Cc1ccc2c(c1)C(C)(CCCCN)c1cc(C)ccc1-2.Cc1ccc2c(c1)C(C)(CCCCNC(=O)OC(C)(C)C)c1cc(C)ccc1-2. The molecule has 10 aromatic rings. The van der Waals surface area contributed by atoms with Crippen molar-refractivity contribution in [3.63, 3.8) is 0 Å². The Balaban J connectivity index is 0.000000145. The van der Waals surface area contributed by atoms with Crippen LogP contribution in [0.1, 0.15) is 306 Å². The fraction of sp³-hybridized carbons (Fsp3) is 0.485. The lowest BCUT2D eigenvalue weighted by Crippen LogP contribution is -2.33. The van der Waals surface area contributed by atoms with Crippen LogP contribution in [-0.2, 0) is 39.5 Å². The van der Waals surface area contributed by atoms with Gasteiger partial charge >= 0.3 is 6.09 Å². The summed E-state index contributed by atoms with van der Waals surface area (Å²) < 4.78 is 10.7. The topological polar surface area (TPSA) is 74.2 Å². The van der Waals surface area contributed by atoms with E-state index in [4.69, 9.17) is 10.5 Å². The molecule has 0 atom stereocenters. The molecule has 6 heteroatoms. The van der Waals surface area contributed by atoms with Gasteiger partial charge in [0.1, 0.15) is 5.60 Å². The number of alkyl carbamates (subject to hydrolysis) is 1. The Hall–Kier alpha value is -7.93. The number of amides is 1. The van der Waals surface area contributed by atoms with Gasteiger partial charge in [0, 0.05) is 74.2 Å². The van der Waals surface area contributed by atoms with Crippen molar-refractivity contribution in [1.82, 2.24) is 14.5 Å². The largest absolute Gasteiger partial charge is 0.444 e. The average Bonchev–Trinajstić information content (AvgIpc) is 1.53. The van der Waals surface area contributed by atoms with E-state index >= 15 is 0 Å². The van der Waals surface area contributed by atoms with E-state index in [1.165, 1.54) is 249 Å². The van der Waals surface area contributed by atoms with E-state index in [0.717, 1.165) is 45.3 Å². The van der Waals surface area contributed by atoms with Gasteiger partial charge in [0.05, 0.1) is 11.4 Å². The summed E-state index contributed by atoms with van der Waals surface area (Å²) in [4.78, 5) is 11.8. The minimum Gasteiger partial charge on any atom is -0.444 e. The number of rotatable bonds is 27. The second kappa shape index (κ2) is 35.2. The summed E-state index contributed by atoms with van der Waals surface area (Å²) in [6, 6.07) is 56.4. The fourth-order valence-electron chi connectivity index (χ4n) is 19.5. The molecule has 2 aromatic heterocycles. The Kier molecular flexibility index (Phi) is 26.5. The second-order valence-corrected chi connectivity index (χ2v) is 35.2. The molecule has 4 aliphatic carbocycles. The van der Waals surface area contributed by atoms with Crippen molar-refractivity contribution in [2.75, 3.05) is 13.1 Å². The van der Waals surface area contributed by atoms with E-state index < -0.39 is 5.60 Å². The quantitative estimate of drug-likeness (QED) is 0.0504. The number of carbonyl (C=O) groups is 1. The van der Waals surface area contributed by atoms with E-state index in [-0.39, 0.29) is 27.8 Å². The molecule has 0 fully saturated rings. The number of nitrogens with zero attached hydrogens (tertiary/aromatic N) is 2. The maximum atomic E-state index is 11.8. The number of carbonyl (C=O) groups excluding carboxylic acids is 1. The highest BCUT2D eigenvalue weighted by Gasteiger charge is 2.48. The number of ether oxygens (including phenoxy) is 1. The van der Waals surface area contributed by atoms with Crippen molar-refractivity contribution >= 4 is 27.9 Å². The van der Waals surface area contributed by atoms with Gasteiger partial charge in [-0.05, 0) is 237 Å². The van der Waals surface area contributed by atoms with Gasteiger partial charge in [0.25, 0.3) is 0 Å². The van der Waals surface area contributed by atoms with E-state index in [2.05, 4.69) is 271 Å². The zero-order valence-electron chi connectivity index (χ0n) is 71.0. The van der Waals surface area contributed by atoms with E-state index in [9.17, 15) is 4.79 Å². The maximum absolute atomic E-state index is 11.8. The van der Waals surface area contributed by atoms with Crippen LogP contribution in [-0.4, -0.2) is 33.9 Å². The third-order valence-corrected chi connectivity index (χ3v) is 25.1. The molecular formula is C103H136N4O2. The molecule has 0 spiro atoms. The number of hydrogen-bond acceptors (Lipinski definition) is 3. The predicted octanol–water partition coefficient (Wildman–Crippen LogP) is 28.4. The summed E-state index contributed by atoms with van der Waals surface area (Å²) in [6.07, 6.45) is 26.5. The van der Waals surface area contributed by atoms with Gasteiger partial charge in [-0.2, -0.15) is 0 Å². The van der Waals surface area contributed by atoms with Crippen LogP contribution in [0.5, 0.6) is 0 Å². The van der Waals surface area contributed by atoms with Crippen molar-refractivity contribution in [3.05, 3.63) is 235 Å². The smallest absolute Gasteiger partial charge is 0.407 e. The molecule has 6 nitrogen and oxygen atoms in total.